The van der Waals surface area contributed by atoms with E-state index in [4.69, 9.17) is 10.5 Å². The minimum atomic E-state index is -0.507. The third-order valence-corrected chi connectivity index (χ3v) is 3.72. The summed E-state index contributed by atoms with van der Waals surface area (Å²) in [7, 11) is 1.63. The zero-order valence-electron chi connectivity index (χ0n) is 12.2. The highest BCUT2D eigenvalue weighted by Gasteiger charge is 2.30. The predicted molar refractivity (Wildman–Crippen MR) is 77.0 cm³/mol. The smallest absolute Gasteiger partial charge is 0.227 e. The molecule has 0 saturated carbocycles. The monoisotopic (exact) mass is 264 g/mol. The summed E-state index contributed by atoms with van der Waals surface area (Å²) in [6.45, 7) is 6.17. The fraction of sp³-hybridized carbons (Fsp3) is 0.533. The second-order valence-corrected chi connectivity index (χ2v) is 5.09. The van der Waals surface area contributed by atoms with E-state index in [1.54, 1.807) is 7.11 Å². The first-order valence-corrected chi connectivity index (χ1v) is 6.62. The summed E-state index contributed by atoms with van der Waals surface area (Å²) in [5.74, 6) is 0.781. The van der Waals surface area contributed by atoms with Gasteiger partial charge in [0.1, 0.15) is 5.75 Å². The van der Waals surface area contributed by atoms with Crippen molar-refractivity contribution < 1.29 is 9.53 Å². The van der Waals surface area contributed by atoms with Gasteiger partial charge in [0, 0.05) is 6.54 Å². The molecule has 3 N–H and O–H groups in total. The van der Waals surface area contributed by atoms with Gasteiger partial charge in [0.05, 0.1) is 18.6 Å². The van der Waals surface area contributed by atoms with Gasteiger partial charge in [0.15, 0.2) is 0 Å². The molecule has 0 radical (unpaired) electrons. The lowest BCUT2D eigenvalue weighted by Gasteiger charge is -2.27. The lowest BCUT2D eigenvalue weighted by molar-refractivity contribution is -0.130. The molecule has 0 saturated heterocycles. The molecular formula is C15H24N2O2. The Labute approximate surface area is 115 Å². The molecule has 0 bridgehead atoms. The van der Waals surface area contributed by atoms with Crippen LogP contribution in [0.4, 0.5) is 0 Å². The fourth-order valence-electron chi connectivity index (χ4n) is 1.76. The number of hydrogen-bond acceptors (Lipinski definition) is 3. The SMILES string of the molecule is CCC(C)(CN)C(=O)N[C@H](C)c1cccc(OC)c1. The summed E-state index contributed by atoms with van der Waals surface area (Å²) in [6.07, 6.45) is 0.722. The predicted octanol–water partition coefficient (Wildman–Crippen LogP) is 2.25. The number of amides is 1. The van der Waals surface area contributed by atoms with E-state index in [-0.39, 0.29) is 11.9 Å². The average Bonchev–Trinajstić information content (AvgIpc) is 2.46. The minimum absolute atomic E-state index is 0.00665. The van der Waals surface area contributed by atoms with E-state index < -0.39 is 5.41 Å². The molecule has 106 valence electrons. The van der Waals surface area contributed by atoms with Crippen molar-refractivity contribution in [3.05, 3.63) is 29.8 Å². The van der Waals surface area contributed by atoms with Crippen LogP contribution in [0.1, 0.15) is 38.8 Å². The molecule has 0 aliphatic rings. The molecule has 1 rings (SSSR count). The van der Waals surface area contributed by atoms with Crippen molar-refractivity contribution in [2.24, 2.45) is 11.1 Å². The first-order valence-electron chi connectivity index (χ1n) is 6.62. The lowest BCUT2D eigenvalue weighted by atomic mass is 9.86. The van der Waals surface area contributed by atoms with Gasteiger partial charge in [-0.15, -0.1) is 0 Å². The van der Waals surface area contributed by atoms with Gasteiger partial charge in [-0.1, -0.05) is 19.1 Å². The number of ether oxygens (including phenoxy) is 1. The number of rotatable bonds is 6. The van der Waals surface area contributed by atoms with E-state index in [0.717, 1.165) is 17.7 Å². The van der Waals surface area contributed by atoms with Crippen LogP contribution in [0.25, 0.3) is 0 Å². The van der Waals surface area contributed by atoms with Crippen LogP contribution < -0.4 is 15.8 Å². The minimum Gasteiger partial charge on any atom is -0.497 e. The van der Waals surface area contributed by atoms with Crippen LogP contribution in [-0.2, 0) is 4.79 Å². The molecular weight excluding hydrogens is 240 g/mol. The zero-order chi connectivity index (χ0) is 14.5. The Morgan fingerprint density at radius 3 is 2.74 bits per heavy atom. The van der Waals surface area contributed by atoms with Crippen LogP contribution in [0.3, 0.4) is 0 Å². The van der Waals surface area contributed by atoms with Crippen LogP contribution in [0.5, 0.6) is 5.75 Å². The van der Waals surface area contributed by atoms with Crippen LogP contribution in [-0.4, -0.2) is 19.6 Å². The number of nitrogens with one attached hydrogen (secondary N) is 1. The van der Waals surface area contributed by atoms with Gasteiger partial charge in [0.25, 0.3) is 0 Å². The Morgan fingerprint density at radius 2 is 2.21 bits per heavy atom. The van der Waals surface area contributed by atoms with E-state index >= 15 is 0 Å². The van der Waals surface area contributed by atoms with Gasteiger partial charge >= 0.3 is 0 Å². The maximum absolute atomic E-state index is 12.2. The summed E-state index contributed by atoms with van der Waals surface area (Å²) in [5, 5.41) is 3.02. The van der Waals surface area contributed by atoms with Gasteiger partial charge < -0.3 is 15.8 Å². The largest absolute Gasteiger partial charge is 0.497 e. The number of carbonyl (C=O) groups excluding carboxylic acids is 1. The van der Waals surface area contributed by atoms with E-state index in [2.05, 4.69) is 5.32 Å². The van der Waals surface area contributed by atoms with Crippen molar-refractivity contribution in [3.63, 3.8) is 0 Å². The molecule has 0 fully saturated rings. The molecule has 19 heavy (non-hydrogen) atoms. The molecule has 4 nitrogen and oxygen atoms in total. The number of hydrogen-bond donors (Lipinski definition) is 2. The summed E-state index contributed by atoms with van der Waals surface area (Å²) in [6, 6.07) is 7.63. The van der Waals surface area contributed by atoms with E-state index in [1.165, 1.54) is 0 Å². The molecule has 4 heteroatoms. The van der Waals surface area contributed by atoms with E-state index in [9.17, 15) is 4.79 Å². The number of benzene rings is 1. The Morgan fingerprint density at radius 1 is 1.53 bits per heavy atom. The Balaban J connectivity index is 2.79. The highest BCUT2D eigenvalue weighted by atomic mass is 16.5. The van der Waals surface area contributed by atoms with Crippen molar-refractivity contribution in [1.29, 1.82) is 0 Å². The summed E-state index contributed by atoms with van der Waals surface area (Å²) in [4.78, 5) is 12.2. The van der Waals surface area contributed by atoms with Gasteiger partial charge in [-0.3, -0.25) is 4.79 Å². The third kappa shape index (κ3) is 3.70. The van der Waals surface area contributed by atoms with Crippen LogP contribution in [0.2, 0.25) is 0 Å². The topological polar surface area (TPSA) is 64.4 Å². The molecule has 1 unspecified atom stereocenters. The molecule has 1 aromatic rings. The van der Waals surface area contributed by atoms with Gasteiger partial charge in [-0.2, -0.15) is 0 Å². The molecule has 0 aromatic heterocycles. The highest BCUT2D eigenvalue weighted by Crippen LogP contribution is 2.23. The quantitative estimate of drug-likeness (QED) is 0.828. The Bertz CT molecular complexity index is 428. The summed E-state index contributed by atoms with van der Waals surface area (Å²) < 4.78 is 5.19. The molecule has 1 amide bonds. The third-order valence-electron chi connectivity index (χ3n) is 3.72. The molecule has 2 atom stereocenters. The van der Waals surface area contributed by atoms with Crippen molar-refractivity contribution in [2.75, 3.05) is 13.7 Å². The van der Waals surface area contributed by atoms with Gasteiger partial charge in [0.2, 0.25) is 5.91 Å². The number of nitrogens with two attached hydrogens (primary N) is 1. The van der Waals surface area contributed by atoms with Gasteiger partial charge in [-0.25, -0.2) is 0 Å². The molecule has 0 heterocycles. The van der Waals surface area contributed by atoms with Crippen LogP contribution in [0.15, 0.2) is 24.3 Å². The van der Waals surface area contributed by atoms with Crippen LogP contribution in [0, 0.1) is 5.41 Å². The fourth-order valence-corrected chi connectivity index (χ4v) is 1.76. The number of carbonyl (C=O) groups is 1. The van der Waals surface area contributed by atoms with Gasteiger partial charge in [-0.05, 0) is 38.0 Å². The molecule has 0 spiro atoms. The van der Waals surface area contributed by atoms with Crippen molar-refractivity contribution in [2.45, 2.75) is 33.2 Å². The lowest BCUT2D eigenvalue weighted by Crippen LogP contribution is -2.44. The second kappa shape index (κ2) is 6.57. The second-order valence-electron chi connectivity index (χ2n) is 5.09. The molecule has 0 aliphatic carbocycles. The van der Waals surface area contributed by atoms with E-state index in [0.29, 0.717) is 6.54 Å². The maximum Gasteiger partial charge on any atom is 0.227 e. The van der Waals surface area contributed by atoms with Crippen molar-refractivity contribution in [3.8, 4) is 5.75 Å². The Kier molecular flexibility index (Phi) is 5.36. The zero-order valence-corrected chi connectivity index (χ0v) is 12.2. The van der Waals surface area contributed by atoms with Crippen LogP contribution >= 0.6 is 0 Å². The standard InChI is InChI=1S/C15H24N2O2/c1-5-15(3,10-16)14(18)17-11(2)12-7-6-8-13(9-12)19-4/h6-9,11H,5,10,16H2,1-4H3,(H,17,18)/t11-,15?/m1/s1. The number of methoxy groups -OCH3 is 1. The molecule has 0 aliphatic heterocycles. The van der Waals surface area contributed by atoms with Crippen molar-refractivity contribution >= 4 is 5.91 Å². The summed E-state index contributed by atoms with van der Waals surface area (Å²) >= 11 is 0. The van der Waals surface area contributed by atoms with E-state index in [1.807, 2.05) is 45.0 Å². The molecule has 1 aromatic carbocycles. The first kappa shape index (κ1) is 15.5. The first-order chi connectivity index (χ1) is 8.96. The Hall–Kier alpha value is -1.55. The highest BCUT2D eigenvalue weighted by molar-refractivity contribution is 5.82. The maximum atomic E-state index is 12.2. The van der Waals surface area contributed by atoms with Crippen molar-refractivity contribution in [1.82, 2.24) is 5.32 Å². The summed E-state index contributed by atoms with van der Waals surface area (Å²) in [5.41, 5.74) is 6.21. The average molecular weight is 264 g/mol. The normalized spacial score (nSPS) is 15.4.